The highest BCUT2D eigenvalue weighted by molar-refractivity contribution is 7.45. The lowest BCUT2D eigenvalue weighted by Gasteiger charge is -2.29. The number of nitrogens with zero attached hydrogens (tertiary/aromatic N) is 1. The Hall–Kier alpha value is -3.10. The summed E-state index contributed by atoms with van der Waals surface area (Å²) in [6.07, 6.45) is 99.0. The molecule has 8 nitrogen and oxygen atoms in total. The van der Waals surface area contributed by atoms with Crippen LogP contribution in [-0.4, -0.2) is 68.5 Å². The van der Waals surface area contributed by atoms with E-state index in [0.29, 0.717) is 17.4 Å². The van der Waals surface area contributed by atoms with E-state index < -0.39 is 26.6 Å². The van der Waals surface area contributed by atoms with E-state index in [9.17, 15) is 19.4 Å². The highest BCUT2D eigenvalue weighted by atomic mass is 31.2. The van der Waals surface area contributed by atoms with E-state index in [4.69, 9.17) is 9.05 Å². The Morgan fingerprint density at radius 2 is 0.721 bits per heavy atom. The number of amides is 1. The summed E-state index contributed by atoms with van der Waals surface area (Å²) < 4.78 is 23.4. The quantitative estimate of drug-likeness (QED) is 0.0272. The summed E-state index contributed by atoms with van der Waals surface area (Å²) in [5, 5.41) is 13.9. The second kappa shape index (κ2) is 66.3. The third-order valence-corrected chi connectivity index (χ3v) is 16.6. The minimum Gasteiger partial charge on any atom is -0.756 e. The summed E-state index contributed by atoms with van der Waals surface area (Å²) in [4.78, 5) is 25.6. The zero-order chi connectivity index (χ0) is 62.6. The second-order valence-electron chi connectivity index (χ2n) is 25.2. The molecule has 0 aromatic rings. The molecule has 0 saturated heterocycles. The second-order valence-corrected chi connectivity index (χ2v) is 26.6. The maximum absolute atomic E-state index is 13.0. The van der Waals surface area contributed by atoms with E-state index in [1.807, 2.05) is 27.2 Å². The number of carbonyl (C=O) groups excluding carboxylic acids is 1. The van der Waals surface area contributed by atoms with Crippen LogP contribution in [0.3, 0.4) is 0 Å². The van der Waals surface area contributed by atoms with Crippen molar-refractivity contribution in [1.29, 1.82) is 0 Å². The average molecular weight is 1220 g/mol. The number of nitrogens with one attached hydrogen (secondary N) is 1. The number of quaternary nitrogens is 1. The Balaban J connectivity index is 4.15. The summed E-state index contributed by atoms with van der Waals surface area (Å²) in [6, 6.07) is -0.916. The molecular weight excluding hydrogens is 1080 g/mol. The first-order valence-corrected chi connectivity index (χ1v) is 37.4. The topological polar surface area (TPSA) is 108 Å². The number of aliphatic hydroxyl groups is 1. The number of phosphoric ester groups is 1. The predicted molar refractivity (Wildman–Crippen MR) is 375 cm³/mol. The van der Waals surface area contributed by atoms with Crippen molar-refractivity contribution in [3.05, 3.63) is 122 Å². The molecule has 0 aliphatic heterocycles. The Morgan fingerprint density at radius 1 is 0.419 bits per heavy atom. The zero-order valence-corrected chi connectivity index (χ0v) is 57.6. The molecule has 0 saturated carbocycles. The van der Waals surface area contributed by atoms with Crippen molar-refractivity contribution in [2.75, 3.05) is 40.9 Å². The first-order valence-electron chi connectivity index (χ1n) is 35.9. The largest absolute Gasteiger partial charge is 0.756 e. The first-order chi connectivity index (χ1) is 42.0. The van der Waals surface area contributed by atoms with Crippen LogP contribution in [0.4, 0.5) is 0 Å². The molecule has 0 aromatic carbocycles. The fraction of sp³-hybridized carbons (Fsp3) is 0.727. The zero-order valence-electron chi connectivity index (χ0n) is 56.7. The van der Waals surface area contributed by atoms with Crippen molar-refractivity contribution in [3.63, 3.8) is 0 Å². The molecule has 0 radical (unpaired) electrons. The fourth-order valence-corrected chi connectivity index (χ4v) is 10.9. The average Bonchev–Trinajstić information content (AvgIpc) is 3.70. The number of carbonyl (C=O) groups is 1. The van der Waals surface area contributed by atoms with Crippen LogP contribution in [0, 0.1) is 0 Å². The number of allylic oxidation sites excluding steroid dienone is 19. The van der Waals surface area contributed by atoms with Gasteiger partial charge >= 0.3 is 0 Å². The fourth-order valence-electron chi connectivity index (χ4n) is 10.1. The minimum atomic E-state index is -4.62. The molecule has 0 spiro atoms. The standard InChI is InChI=1S/C77H137N2O6P/c1-6-8-10-12-14-16-18-20-22-24-26-28-30-32-34-36-37-38-39-40-41-43-45-47-49-51-53-55-57-59-61-63-65-67-69-71-77(81)78-75(74-85-86(82,83)84-73-72-79(3,4)5)76(80)70-68-66-64-62-60-58-56-54-52-50-48-46-44-42-35-33-31-29-27-25-23-21-19-17-15-13-11-9-7-2/h8,10,14,16,20,22,26,28,32,34,37-38,40-41,45,47,60,62,68,70,75-76,80H,6-7,9,11-13,15,17-19,21,23-25,27,29-31,33,35-36,39,42-44,46,48-59,61,63-67,69,71-74H2,1-5H3,(H-,78,81,82,83)/b10-8-,16-14-,22-20-,28-26-,34-32-,38-37-,41-40-,47-45-,62-60+,70-68+. The van der Waals surface area contributed by atoms with E-state index in [1.165, 1.54) is 193 Å². The molecule has 0 bridgehead atoms. The minimum absolute atomic E-state index is 0.0124. The maximum Gasteiger partial charge on any atom is 0.268 e. The molecule has 496 valence electrons. The van der Waals surface area contributed by atoms with Crippen molar-refractivity contribution in [2.45, 2.75) is 321 Å². The van der Waals surface area contributed by atoms with Gasteiger partial charge < -0.3 is 28.8 Å². The number of hydrogen-bond donors (Lipinski definition) is 2. The molecule has 0 aromatic heterocycles. The van der Waals surface area contributed by atoms with E-state index in [-0.39, 0.29) is 12.5 Å². The highest BCUT2D eigenvalue weighted by Gasteiger charge is 2.23. The summed E-state index contributed by atoms with van der Waals surface area (Å²) >= 11 is 0. The van der Waals surface area contributed by atoms with Crippen molar-refractivity contribution in [2.24, 2.45) is 0 Å². The van der Waals surface area contributed by atoms with E-state index in [1.54, 1.807) is 6.08 Å². The van der Waals surface area contributed by atoms with Gasteiger partial charge in [0.2, 0.25) is 5.91 Å². The molecule has 0 aliphatic rings. The maximum atomic E-state index is 13.0. The Bertz CT molecular complexity index is 1820. The lowest BCUT2D eigenvalue weighted by molar-refractivity contribution is -0.870. The van der Waals surface area contributed by atoms with Gasteiger partial charge in [-0.2, -0.15) is 0 Å². The Morgan fingerprint density at radius 3 is 1.08 bits per heavy atom. The van der Waals surface area contributed by atoms with Crippen LogP contribution in [0.5, 0.6) is 0 Å². The lowest BCUT2D eigenvalue weighted by atomic mass is 10.0. The van der Waals surface area contributed by atoms with E-state index in [2.05, 4.69) is 129 Å². The third kappa shape index (κ3) is 68.4. The van der Waals surface area contributed by atoms with Gasteiger partial charge in [-0.1, -0.05) is 328 Å². The van der Waals surface area contributed by atoms with Gasteiger partial charge in [-0.3, -0.25) is 9.36 Å². The highest BCUT2D eigenvalue weighted by Crippen LogP contribution is 2.38. The van der Waals surface area contributed by atoms with Crippen LogP contribution in [0.1, 0.15) is 309 Å². The van der Waals surface area contributed by atoms with Gasteiger partial charge in [-0.05, 0) is 96.3 Å². The predicted octanol–water partition coefficient (Wildman–Crippen LogP) is 22.6. The molecule has 86 heavy (non-hydrogen) atoms. The van der Waals surface area contributed by atoms with Gasteiger partial charge in [0.05, 0.1) is 39.9 Å². The molecule has 3 unspecified atom stereocenters. The van der Waals surface area contributed by atoms with Crippen molar-refractivity contribution < 1.29 is 32.9 Å². The number of hydrogen-bond acceptors (Lipinski definition) is 6. The van der Waals surface area contributed by atoms with E-state index >= 15 is 0 Å². The Labute approximate surface area is 533 Å². The van der Waals surface area contributed by atoms with Crippen LogP contribution in [0.2, 0.25) is 0 Å². The number of rotatable bonds is 65. The number of phosphoric acid groups is 1. The molecular formula is C77H137N2O6P. The number of unbranched alkanes of at least 4 members (excludes halogenated alkanes) is 34. The first kappa shape index (κ1) is 82.9. The lowest BCUT2D eigenvalue weighted by Crippen LogP contribution is -2.45. The van der Waals surface area contributed by atoms with Crippen molar-refractivity contribution >= 4 is 13.7 Å². The number of likely N-dealkylation sites (N-methyl/N-ethyl adjacent to an activating group) is 1. The Kier molecular flexibility index (Phi) is 63.9. The van der Waals surface area contributed by atoms with E-state index in [0.717, 1.165) is 96.3 Å². The summed E-state index contributed by atoms with van der Waals surface area (Å²) in [7, 11) is 1.23. The monoisotopic (exact) mass is 1220 g/mol. The normalized spacial score (nSPS) is 14.4. The van der Waals surface area contributed by atoms with Crippen molar-refractivity contribution in [1.82, 2.24) is 5.32 Å². The number of aliphatic hydroxyl groups excluding tert-OH is 1. The summed E-state index contributed by atoms with van der Waals surface area (Å²) in [6.45, 7) is 4.53. The van der Waals surface area contributed by atoms with Gasteiger partial charge in [-0.25, -0.2) is 0 Å². The molecule has 9 heteroatoms. The van der Waals surface area contributed by atoms with Crippen molar-refractivity contribution in [3.8, 4) is 0 Å². The smallest absolute Gasteiger partial charge is 0.268 e. The molecule has 0 fully saturated rings. The summed E-state index contributed by atoms with van der Waals surface area (Å²) in [5.74, 6) is -0.214. The molecule has 2 N–H and O–H groups in total. The van der Waals surface area contributed by atoms with Crippen LogP contribution < -0.4 is 10.2 Å². The molecule has 1 amide bonds. The van der Waals surface area contributed by atoms with Crippen LogP contribution in [0.25, 0.3) is 0 Å². The van der Waals surface area contributed by atoms with Crippen LogP contribution in [-0.2, 0) is 18.4 Å². The van der Waals surface area contributed by atoms with Crippen LogP contribution in [0.15, 0.2) is 122 Å². The summed E-state index contributed by atoms with van der Waals surface area (Å²) in [5.41, 5.74) is 0. The molecule has 0 heterocycles. The van der Waals surface area contributed by atoms with Gasteiger partial charge in [0.15, 0.2) is 0 Å². The van der Waals surface area contributed by atoms with Gasteiger partial charge in [0, 0.05) is 6.42 Å². The third-order valence-electron chi connectivity index (χ3n) is 15.7. The molecule has 3 atom stereocenters. The van der Waals surface area contributed by atoms with Gasteiger partial charge in [-0.15, -0.1) is 0 Å². The van der Waals surface area contributed by atoms with Gasteiger partial charge in [0.1, 0.15) is 13.2 Å². The van der Waals surface area contributed by atoms with Crippen LogP contribution >= 0.6 is 7.82 Å². The molecule has 0 rings (SSSR count). The van der Waals surface area contributed by atoms with Gasteiger partial charge in [0.25, 0.3) is 7.82 Å². The molecule has 0 aliphatic carbocycles. The SMILES string of the molecule is CC/C=C\C/C=C\C/C=C\C/C=C\C/C=C\C/C=C\C/C=C\C/C=C\CCCCCCCCCCCCC(=O)NC(COP(=O)([O-])OCC[N+](C)(C)C)C(O)/C=C/CC/C=C/CCCCCCCCCCCCCCCCCCCCCCCCC.